The number of ether oxygens (including phenoxy) is 2. The second-order valence-corrected chi connectivity index (χ2v) is 13.7. The van der Waals surface area contributed by atoms with Crippen LogP contribution in [0.25, 0.3) is 11.1 Å². The summed E-state index contributed by atoms with van der Waals surface area (Å²) in [6.45, 7) is 2.61. The van der Waals surface area contributed by atoms with Crippen molar-refractivity contribution in [3.05, 3.63) is 142 Å². The first-order valence-corrected chi connectivity index (χ1v) is 17.1. The fraction of sp³-hybridized carbons (Fsp3) is 0.229. The Morgan fingerprint density at radius 3 is 2.26 bits per heavy atom. The Morgan fingerprint density at radius 2 is 1.57 bits per heavy atom. The van der Waals surface area contributed by atoms with Crippen molar-refractivity contribution < 1.29 is 23.0 Å². The van der Waals surface area contributed by atoms with Crippen molar-refractivity contribution in [3.63, 3.8) is 0 Å². The largest absolute Gasteiger partial charge is 0.392 e. The lowest BCUT2D eigenvalue weighted by Crippen LogP contribution is -2.39. The Kier molecular flexibility index (Phi) is 9.91. The van der Waals surface area contributed by atoms with Crippen LogP contribution < -0.4 is 4.72 Å². The molecule has 1 aliphatic rings. The summed E-state index contributed by atoms with van der Waals surface area (Å²) in [4.78, 5) is 4.34. The molecule has 0 amide bonds. The lowest BCUT2D eigenvalue weighted by Gasteiger charge is -2.41. The maximum atomic E-state index is 12.8. The number of sulfonamides is 1. The van der Waals surface area contributed by atoms with Crippen LogP contribution in [0.5, 0.6) is 0 Å². The minimum Gasteiger partial charge on any atom is -0.392 e. The summed E-state index contributed by atoms with van der Waals surface area (Å²) in [6.07, 6.45) is 0.305. The summed E-state index contributed by atoms with van der Waals surface area (Å²) in [5.74, 6) is -0.0620. The summed E-state index contributed by atoms with van der Waals surface area (Å²) >= 11 is 12.6. The molecular weight excluding hydrogens is 645 g/mol. The van der Waals surface area contributed by atoms with E-state index in [2.05, 4.69) is 16.6 Å². The third kappa shape index (κ3) is 7.21. The molecule has 2 heterocycles. The summed E-state index contributed by atoms with van der Waals surface area (Å²) in [5.41, 5.74) is 5.30. The number of aliphatic hydroxyl groups is 1. The fourth-order valence-corrected chi connectivity index (χ4v) is 6.93. The number of hydrogen-bond donors (Lipinski definition) is 2. The van der Waals surface area contributed by atoms with Crippen molar-refractivity contribution in [1.29, 1.82) is 0 Å². The molecule has 6 rings (SSSR count). The lowest BCUT2D eigenvalue weighted by atomic mass is 9.90. The maximum absolute atomic E-state index is 12.8. The van der Waals surface area contributed by atoms with Crippen LogP contribution in [-0.4, -0.2) is 29.2 Å². The zero-order valence-corrected chi connectivity index (χ0v) is 27.3. The van der Waals surface area contributed by atoms with Gasteiger partial charge < -0.3 is 19.1 Å². The lowest BCUT2D eigenvalue weighted by molar-refractivity contribution is -0.276. The Balaban J connectivity index is 1.26. The zero-order valence-electron chi connectivity index (χ0n) is 25.0. The van der Waals surface area contributed by atoms with Crippen molar-refractivity contribution in [2.75, 3.05) is 0 Å². The highest BCUT2D eigenvalue weighted by atomic mass is 35.5. The summed E-state index contributed by atoms with van der Waals surface area (Å²) < 4.78 is 43.2. The van der Waals surface area contributed by atoms with Gasteiger partial charge in [-0.25, -0.2) is 18.1 Å². The highest BCUT2D eigenvalue weighted by molar-refractivity contribution is 7.89. The van der Waals surface area contributed by atoms with E-state index in [1.165, 1.54) is 0 Å². The molecule has 4 aromatic carbocycles. The number of nitrogens with one attached hydrogen (secondary N) is 1. The SMILES string of the molecule is C[C@H]1[C@@H](Cn2cnc(Cl)c2Cl)O[C@@H](c2cccc(-c3cccc(CNS(=O)(=O)c4ccccc4)c3)c2)O[C@H]1c1ccc(CO)cc1. The van der Waals surface area contributed by atoms with Gasteiger partial charge in [0.25, 0.3) is 0 Å². The smallest absolute Gasteiger partial charge is 0.240 e. The number of benzene rings is 4. The topological polar surface area (TPSA) is 103 Å². The average Bonchev–Trinajstić information content (AvgIpc) is 3.41. The van der Waals surface area contributed by atoms with Gasteiger partial charge in [-0.05, 0) is 52.1 Å². The Morgan fingerprint density at radius 1 is 0.848 bits per heavy atom. The van der Waals surface area contributed by atoms with E-state index in [9.17, 15) is 13.5 Å². The molecule has 8 nitrogen and oxygen atoms in total. The molecule has 0 spiro atoms. The van der Waals surface area contributed by atoms with E-state index in [1.807, 2.05) is 72.8 Å². The van der Waals surface area contributed by atoms with Gasteiger partial charge in [-0.15, -0.1) is 0 Å². The molecule has 0 radical (unpaired) electrons. The molecule has 4 atom stereocenters. The first-order valence-electron chi connectivity index (χ1n) is 14.8. The molecule has 0 bridgehead atoms. The number of nitrogens with zero attached hydrogens (tertiary/aromatic N) is 2. The van der Waals surface area contributed by atoms with Gasteiger partial charge in [-0.1, -0.05) is 109 Å². The number of imidazole rings is 1. The third-order valence-electron chi connectivity index (χ3n) is 8.17. The van der Waals surface area contributed by atoms with E-state index < -0.39 is 16.3 Å². The molecule has 1 saturated heterocycles. The number of halogens is 2. The van der Waals surface area contributed by atoms with Gasteiger partial charge in [0, 0.05) is 18.0 Å². The van der Waals surface area contributed by atoms with Crippen molar-refractivity contribution in [2.45, 2.75) is 50.0 Å². The minimum atomic E-state index is -3.64. The minimum absolute atomic E-state index is 0.0392. The van der Waals surface area contributed by atoms with Gasteiger partial charge in [-0.3, -0.25) is 0 Å². The van der Waals surface area contributed by atoms with E-state index >= 15 is 0 Å². The quantitative estimate of drug-likeness (QED) is 0.161. The van der Waals surface area contributed by atoms with Crippen LogP contribution in [0.1, 0.15) is 41.6 Å². The first-order chi connectivity index (χ1) is 22.2. The molecule has 0 aliphatic carbocycles. The van der Waals surface area contributed by atoms with E-state index in [1.54, 1.807) is 41.2 Å². The van der Waals surface area contributed by atoms with E-state index in [0.29, 0.717) is 11.7 Å². The van der Waals surface area contributed by atoms with E-state index in [4.69, 9.17) is 32.7 Å². The maximum Gasteiger partial charge on any atom is 0.240 e. The van der Waals surface area contributed by atoms with Crippen LogP contribution >= 0.6 is 23.2 Å². The highest BCUT2D eigenvalue weighted by Gasteiger charge is 2.39. The summed E-state index contributed by atoms with van der Waals surface area (Å²) in [6, 6.07) is 31.7. The van der Waals surface area contributed by atoms with Gasteiger partial charge in [0.2, 0.25) is 10.0 Å². The van der Waals surface area contributed by atoms with Crippen molar-refractivity contribution in [3.8, 4) is 11.1 Å². The number of hydrogen-bond acceptors (Lipinski definition) is 6. The number of aliphatic hydroxyl groups excluding tert-OH is 1. The van der Waals surface area contributed by atoms with Crippen LogP contribution in [-0.2, 0) is 39.2 Å². The predicted molar refractivity (Wildman–Crippen MR) is 178 cm³/mol. The highest BCUT2D eigenvalue weighted by Crippen LogP contribution is 2.43. The summed E-state index contributed by atoms with van der Waals surface area (Å²) in [7, 11) is -3.64. The molecule has 1 aromatic heterocycles. The van der Waals surface area contributed by atoms with Crippen LogP contribution in [0.3, 0.4) is 0 Å². The molecule has 1 aliphatic heterocycles. The molecule has 1 fully saturated rings. The second-order valence-electron chi connectivity index (χ2n) is 11.3. The molecule has 46 heavy (non-hydrogen) atoms. The van der Waals surface area contributed by atoms with Gasteiger partial charge in [0.1, 0.15) is 5.15 Å². The van der Waals surface area contributed by atoms with Crippen molar-refractivity contribution in [2.24, 2.45) is 5.92 Å². The van der Waals surface area contributed by atoms with Crippen LogP contribution in [0.15, 0.2) is 114 Å². The monoisotopic (exact) mass is 677 g/mol. The number of aromatic nitrogens is 2. The van der Waals surface area contributed by atoms with Crippen molar-refractivity contribution in [1.82, 2.24) is 14.3 Å². The van der Waals surface area contributed by atoms with E-state index in [0.717, 1.165) is 33.4 Å². The normalized spacial score (nSPS) is 20.1. The molecule has 0 saturated carbocycles. The third-order valence-corrected chi connectivity index (χ3v) is 10.4. The van der Waals surface area contributed by atoms with Gasteiger partial charge in [0.15, 0.2) is 11.4 Å². The first kappa shape index (κ1) is 32.4. The Bertz CT molecular complexity index is 1900. The van der Waals surface area contributed by atoms with E-state index in [-0.39, 0.29) is 41.3 Å². The molecule has 11 heteroatoms. The standard InChI is InChI=1S/C35H33Cl2N3O5S/c1-23-31(20-40-22-38-33(36)34(40)37)44-35(45-32(23)26-15-13-24(21-41)14-16-26)29-10-6-9-28(18-29)27-8-5-7-25(17-27)19-39-46(42,43)30-11-3-2-4-12-30/h2-18,22-23,31-32,35,39,41H,19-21H2,1H3/t23-,31+,32+,35+/m0/s1. The fourth-order valence-electron chi connectivity index (χ4n) is 5.58. The average molecular weight is 679 g/mol. The molecule has 2 N–H and O–H groups in total. The van der Waals surface area contributed by atoms with Gasteiger partial charge >= 0.3 is 0 Å². The van der Waals surface area contributed by atoms with Crippen molar-refractivity contribution >= 4 is 33.2 Å². The number of rotatable bonds is 10. The van der Waals surface area contributed by atoms with Gasteiger partial charge in [-0.2, -0.15) is 0 Å². The molecule has 0 unspecified atom stereocenters. The molecule has 238 valence electrons. The van der Waals surface area contributed by atoms with Gasteiger partial charge in [0.05, 0.1) is 36.6 Å². The Hall–Kier alpha value is -3.54. The Labute approximate surface area is 278 Å². The predicted octanol–water partition coefficient (Wildman–Crippen LogP) is 7.32. The second kappa shape index (κ2) is 14.1. The van der Waals surface area contributed by atoms with Crippen LogP contribution in [0.4, 0.5) is 0 Å². The summed E-state index contributed by atoms with van der Waals surface area (Å²) in [5, 5.41) is 10.1. The van der Waals surface area contributed by atoms with Crippen LogP contribution in [0, 0.1) is 5.92 Å². The molecule has 5 aromatic rings. The molecular formula is C35H33Cl2N3O5S. The zero-order chi connectivity index (χ0) is 32.3. The van der Waals surface area contributed by atoms with Crippen LogP contribution in [0.2, 0.25) is 10.3 Å².